The summed E-state index contributed by atoms with van der Waals surface area (Å²) in [6.07, 6.45) is 0. The topological polar surface area (TPSA) is 58.6 Å². The van der Waals surface area contributed by atoms with Crippen LogP contribution in [-0.2, 0) is 9.47 Å². The van der Waals surface area contributed by atoms with Crippen LogP contribution in [-0.4, -0.2) is 84.7 Å². The Bertz CT molecular complexity index is 514. The quantitative estimate of drug-likeness (QED) is 0.430. The normalized spacial score (nSPS) is 15.4. The predicted octanol–water partition coefficient (Wildman–Crippen LogP) is 1.06. The van der Waals surface area contributed by atoms with E-state index in [-0.39, 0.29) is 0 Å². The number of guanidine groups is 1. The molecular formula is C18H30N4O3. The monoisotopic (exact) mass is 350 g/mol. The van der Waals surface area contributed by atoms with Gasteiger partial charge in [-0.05, 0) is 24.3 Å². The molecule has 0 saturated carbocycles. The van der Waals surface area contributed by atoms with Crippen LogP contribution in [0.5, 0.6) is 5.75 Å². The number of aliphatic imine (C=N–C) groups is 1. The molecule has 1 aromatic carbocycles. The fourth-order valence-electron chi connectivity index (χ4n) is 2.78. The number of benzene rings is 1. The van der Waals surface area contributed by atoms with Gasteiger partial charge in [-0.1, -0.05) is 0 Å². The highest BCUT2D eigenvalue weighted by Gasteiger charge is 2.19. The van der Waals surface area contributed by atoms with Crippen molar-refractivity contribution in [3.05, 3.63) is 24.3 Å². The maximum absolute atomic E-state index is 5.47. The van der Waals surface area contributed by atoms with Crippen molar-refractivity contribution in [1.29, 1.82) is 0 Å². The lowest BCUT2D eigenvalue weighted by atomic mass is 10.2. The first-order valence-corrected chi connectivity index (χ1v) is 8.69. The van der Waals surface area contributed by atoms with Gasteiger partial charge in [0.1, 0.15) is 5.75 Å². The molecule has 0 aromatic heterocycles. The summed E-state index contributed by atoms with van der Waals surface area (Å²) in [7, 11) is 5.19. The molecule has 1 saturated heterocycles. The summed E-state index contributed by atoms with van der Waals surface area (Å²) in [6, 6.07) is 8.23. The van der Waals surface area contributed by atoms with Crippen LogP contribution in [0.1, 0.15) is 0 Å². The van der Waals surface area contributed by atoms with Gasteiger partial charge in [0.25, 0.3) is 0 Å². The molecule has 1 aliphatic rings. The minimum atomic E-state index is 0.622. The number of hydrogen-bond acceptors (Lipinski definition) is 5. The number of piperazine rings is 1. The van der Waals surface area contributed by atoms with Crippen molar-refractivity contribution in [2.24, 2.45) is 4.99 Å². The molecule has 0 unspecified atom stereocenters. The van der Waals surface area contributed by atoms with Crippen molar-refractivity contribution in [3.63, 3.8) is 0 Å². The van der Waals surface area contributed by atoms with Crippen LogP contribution in [0.15, 0.2) is 29.3 Å². The Labute approximate surface area is 150 Å². The van der Waals surface area contributed by atoms with E-state index in [4.69, 9.17) is 14.2 Å². The molecule has 1 fully saturated rings. The number of nitrogens with zero attached hydrogens (tertiary/aromatic N) is 3. The summed E-state index contributed by atoms with van der Waals surface area (Å²) in [5, 5.41) is 3.36. The predicted molar refractivity (Wildman–Crippen MR) is 101 cm³/mol. The lowest BCUT2D eigenvalue weighted by Gasteiger charge is -2.37. The molecule has 7 nitrogen and oxygen atoms in total. The third kappa shape index (κ3) is 6.10. The fourth-order valence-corrected chi connectivity index (χ4v) is 2.78. The SMILES string of the molecule is CN=C(NCCOCCOC)N1CCN(c2ccc(OC)cc2)CC1. The first-order chi connectivity index (χ1) is 12.3. The second-order valence-corrected chi connectivity index (χ2v) is 5.75. The van der Waals surface area contributed by atoms with Gasteiger partial charge >= 0.3 is 0 Å². The van der Waals surface area contributed by atoms with Crippen molar-refractivity contribution in [2.45, 2.75) is 0 Å². The number of nitrogens with one attached hydrogen (secondary N) is 1. The zero-order valence-electron chi connectivity index (χ0n) is 15.5. The molecule has 1 heterocycles. The van der Waals surface area contributed by atoms with E-state index >= 15 is 0 Å². The first kappa shape index (κ1) is 19.3. The van der Waals surface area contributed by atoms with Crippen molar-refractivity contribution in [3.8, 4) is 5.75 Å². The number of rotatable bonds is 8. The average Bonchev–Trinajstić information content (AvgIpc) is 2.68. The minimum Gasteiger partial charge on any atom is -0.497 e. The Morgan fingerprint density at radius 3 is 2.36 bits per heavy atom. The Balaban J connectivity index is 1.73. The Morgan fingerprint density at radius 1 is 1.04 bits per heavy atom. The van der Waals surface area contributed by atoms with E-state index in [1.165, 1.54) is 5.69 Å². The average molecular weight is 350 g/mol. The molecule has 2 rings (SSSR count). The molecular weight excluding hydrogens is 320 g/mol. The van der Waals surface area contributed by atoms with Crippen LogP contribution in [0.2, 0.25) is 0 Å². The first-order valence-electron chi connectivity index (χ1n) is 8.69. The van der Waals surface area contributed by atoms with Crippen LogP contribution in [0.4, 0.5) is 5.69 Å². The fraction of sp³-hybridized carbons (Fsp3) is 0.611. The molecule has 0 aliphatic carbocycles. The van der Waals surface area contributed by atoms with Gasteiger partial charge in [-0.2, -0.15) is 0 Å². The molecule has 0 bridgehead atoms. The van der Waals surface area contributed by atoms with Crippen molar-refractivity contribution in [2.75, 3.05) is 78.7 Å². The summed E-state index contributed by atoms with van der Waals surface area (Å²) in [6.45, 7) is 6.46. The largest absolute Gasteiger partial charge is 0.497 e. The molecule has 0 atom stereocenters. The van der Waals surface area contributed by atoms with Crippen LogP contribution < -0.4 is 15.0 Å². The van der Waals surface area contributed by atoms with E-state index in [2.05, 4.69) is 32.2 Å². The number of ether oxygens (including phenoxy) is 3. The second kappa shape index (κ2) is 10.8. The van der Waals surface area contributed by atoms with Crippen LogP contribution >= 0.6 is 0 Å². The molecule has 1 aliphatic heterocycles. The highest BCUT2D eigenvalue weighted by Crippen LogP contribution is 2.20. The lowest BCUT2D eigenvalue weighted by molar-refractivity contribution is 0.0731. The highest BCUT2D eigenvalue weighted by molar-refractivity contribution is 5.80. The molecule has 7 heteroatoms. The van der Waals surface area contributed by atoms with Gasteiger partial charge in [0.15, 0.2) is 5.96 Å². The smallest absolute Gasteiger partial charge is 0.193 e. The zero-order chi connectivity index (χ0) is 17.9. The molecule has 1 N–H and O–H groups in total. The third-order valence-corrected chi connectivity index (χ3v) is 4.19. The van der Waals surface area contributed by atoms with E-state index in [9.17, 15) is 0 Å². The van der Waals surface area contributed by atoms with E-state index in [0.717, 1.165) is 44.4 Å². The summed E-state index contributed by atoms with van der Waals surface area (Å²) < 4.78 is 15.6. The van der Waals surface area contributed by atoms with Gasteiger partial charge < -0.3 is 29.3 Å². The maximum Gasteiger partial charge on any atom is 0.193 e. The van der Waals surface area contributed by atoms with Gasteiger partial charge in [-0.3, -0.25) is 4.99 Å². The van der Waals surface area contributed by atoms with Gasteiger partial charge in [0, 0.05) is 52.6 Å². The zero-order valence-corrected chi connectivity index (χ0v) is 15.5. The lowest BCUT2D eigenvalue weighted by Crippen LogP contribution is -2.53. The molecule has 1 aromatic rings. The van der Waals surface area contributed by atoms with Gasteiger partial charge in [-0.25, -0.2) is 0 Å². The summed E-state index contributed by atoms with van der Waals surface area (Å²) in [5.41, 5.74) is 1.23. The van der Waals surface area contributed by atoms with Gasteiger partial charge in [0.2, 0.25) is 0 Å². The van der Waals surface area contributed by atoms with Crippen LogP contribution in [0.25, 0.3) is 0 Å². The highest BCUT2D eigenvalue weighted by atomic mass is 16.5. The van der Waals surface area contributed by atoms with Crippen molar-refractivity contribution >= 4 is 11.6 Å². The molecule has 0 spiro atoms. The second-order valence-electron chi connectivity index (χ2n) is 5.75. The molecule has 0 radical (unpaired) electrons. The van der Waals surface area contributed by atoms with Gasteiger partial charge in [0.05, 0.1) is 26.9 Å². The van der Waals surface area contributed by atoms with Crippen LogP contribution in [0.3, 0.4) is 0 Å². The maximum atomic E-state index is 5.47. The number of methoxy groups -OCH3 is 2. The van der Waals surface area contributed by atoms with Crippen molar-refractivity contribution in [1.82, 2.24) is 10.2 Å². The van der Waals surface area contributed by atoms with E-state index < -0.39 is 0 Å². The van der Waals surface area contributed by atoms with Crippen molar-refractivity contribution < 1.29 is 14.2 Å². The van der Waals surface area contributed by atoms with Gasteiger partial charge in [-0.15, -0.1) is 0 Å². The van der Waals surface area contributed by atoms with E-state index in [1.54, 1.807) is 14.2 Å². The minimum absolute atomic E-state index is 0.622. The molecule has 25 heavy (non-hydrogen) atoms. The van der Waals surface area contributed by atoms with E-state index in [1.807, 2.05) is 19.2 Å². The molecule has 140 valence electrons. The summed E-state index contributed by atoms with van der Waals surface area (Å²) >= 11 is 0. The summed E-state index contributed by atoms with van der Waals surface area (Å²) in [5.74, 6) is 1.82. The van der Waals surface area contributed by atoms with E-state index in [0.29, 0.717) is 19.8 Å². The van der Waals surface area contributed by atoms with Crippen LogP contribution in [0, 0.1) is 0 Å². The Hall–Kier alpha value is -1.99. The number of anilines is 1. The third-order valence-electron chi connectivity index (χ3n) is 4.19. The Morgan fingerprint density at radius 2 is 1.76 bits per heavy atom. The Kier molecular flexibility index (Phi) is 8.34. The summed E-state index contributed by atoms with van der Waals surface area (Å²) in [4.78, 5) is 9.06. The standard InChI is InChI=1S/C18H30N4O3/c1-19-18(20-8-13-25-15-14-23-2)22-11-9-21(10-12-22)16-4-6-17(24-3)7-5-16/h4-7H,8-15H2,1-3H3,(H,19,20). The molecule has 0 amide bonds. The number of hydrogen-bond donors (Lipinski definition) is 1.